The second-order valence-corrected chi connectivity index (χ2v) is 7.60. The van der Waals surface area contributed by atoms with Crippen LogP contribution in [0.5, 0.6) is 0 Å². The Hall–Kier alpha value is -0.120. The van der Waals surface area contributed by atoms with Crippen LogP contribution in [0.1, 0.15) is 58.3 Å². The molecule has 1 spiro atoms. The van der Waals surface area contributed by atoms with Crippen LogP contribution >= 0.6 is 0 Å². The van der Waals surface area contributed by atoms with Crippen molar-refractivity contribution in [3.05, 3.63) is 0 Å². The Balaban J connectivity index is 1.64. The van der Waals surface area contributed by atoms with Gasteiger partial charge in [0.05, 0.1) is 12.2 Å². The van der Waals surface area contributed by atoms with Crippen molar-refractivity contribution in [2.75, 3.05) is 26.9 Å². The molecule has 0 aromatic heterocycles. The molecule has 1 N–H and O–H groups in total. The fraction of sp³-hybridized carbons (Fsp3) is 1.00. The molecular weight excluding hydrogens is 262 g/mol. The van der Waals surface area contributed by atoms with Gasteiger partial charge in [-0.05, 0) is 50.5 Å². The van der Waals surface area contributed by atoms with Crippen LogP contribution in [-0.4, -0.2) is 38.5 Å². The molecule has 3 aliphatic rings. The average molecular weight is 295 g/mol. The molecule has 2 aliphatic heterocycles. The Morgan fingerprint density at radius 2 is 2.10 bits per heavy atom. The Morgan fingerprint density at radius 3 is 2.81 bits per heavy atom. The molecule has 5 atom stereocenters. The molecule has 0 radical (unpaired) electrons. The maximum Gasteiger partial charge on any atom is 0.0939 e. The summed E-state index contributed by atoms with van der Waals surface area (Å²) in [7, 11) is 2.17. The van der Waals surface area contributed by atoms with E-state index in [0.29, 0.717) is 6.04 Å². The van der Waals surface area contributed by atoms with E-state index in [-0.39, 0.29) is 5.60 Å². The molecular formula is C18H33NO2. The van der Waals surface area contributed by atoms with Crippen molar-refractivity contribution >= 4 is 0 Å². The summed E-state index contributed by atoms with van der Waals surface area (Å²) < 4.78 is 11.8. The average Bonchev–Trinajstić information content (AvgIpc) is 2.96. The van der Waals surface area contributed by atoms with Crippen molar-refractivity contribution in [1.82, 2.24) is 5.32 Å². The van der Waals surface area contributed by atoms with E-state index < -0.39 is 0 Å². The van der Waals surface area contributed by atoms with Crippen LogP contribution in [0.4, 0.5) is 0 Å². The van der Waals surface area contributed by atoms with Crippen molar-refractivity contribution < 1.29 is 9.47 Å². The van der Waals surface area contributed by atoms with Gasteiger partial charge in [-0.1, -0.05) is 26.2 Å². The van der Waals surface area contributed by atoms with E-state index >= 15 is 0 Å². The van der Waals surface area contributed by atoms with Crippen LogP contribution in [0.3, 0.4) is 0 Å². The summed E-state index contributed by atoms with van der Waals surface area (Å²) in [6.45, 7) is 5.00. The van der Waals surface area contributed by atoms with Crippen LogP contribution in [0.25, 0.3) is 0 Å². The summed E-state index contributed by atoms with van der Waals surface area (Å²) in [6, 6.07) is 0.681. The topological polar surface area (TPSA) is 30.5 Å². The van der Waals surface area contributed by atoms with Crippen LogP contribution in [0.15, 0.2) is 0 Å². The maximum absolute atomic E-state index is 6.13. The first-order valence-corrected chi connectivity index (χ1v) is 9.15. The Morgan fingerprint density at radius 1 is 1.19 bits per heavy atom. The zero-order valence-corrected chi connectivity index (χ0v) is 13.9. The fourth-order valence-corrected chi connectivity index (χ4v) is 5.12. The summed E-state index contributed by atoms with van der Waals surface area (Å²) in [5, 5.41) is 3.70. The van der Waals surface area contributed by atoms with Gasteiger partial charge in [0.15, 0.2) is 0 Å². The summed E-state index contributed by atoms with van der Waals surface area (Å²) in [6.07, 6.45) is 10.6. The molecule has 0 aromatic carbocycles. The molecule has 122 valence electrons. The smallest absolute Gasteiger partial charge is 0.0939 e. The van der Waals surface area contributed by atoms with Crippen LogP contribution < -0.4 is 5.32 Å². The minimum atomic E-state index is 0.0524. The predicted octanol–water partition coefficient (Wildman–Crippen LogP) is 3.38. The summed E-state index contributed by atoms with van der Waals surface area (Å²) in [5.74, 6) is 2.60. The number of nitrogens with one attached hydrogen (secondary N) is 1. The number of hydrogen-bond donors (Lipinski definition) is 1. The number of ether oxygens (including phenoxy) is 2. The first kappa shape index (κ1) is 15.8. The normalized spacial score (nSPS) is 42.3. The lowest BCUT2D eigenvalue weighted by Gasteiger charge is -2.44. The monoisotopic (exact) mass is 295 g/mol. The standard InChI is InChI=1S/C18H33NO2/c1-3-14-5-4-6-15(11-14)17(19-2)16-7-9-21-18(12-16)8-10-20-13-18/h14-17,19H,3-13H2,1-2H3. The number of rotatable bonds is 4. The largest absolute Gasteiger partial charge is 0.378 e. The van der Waals surface area contributed by atoms with Gasteiger partial charge in [-0.2, -0.15) is 0 Å². The Bertz CT molecular complexity index is 327. The second-order valence-electron chi connectivity index (χ2n) is 7.60. The predicted molar refractivity (Wildman–Crippen MR) is 85.4 cm³/mol. The minimum Gasteiger partial charge on any atom is -0.378 e. The van der Waals surface area contributed by atoms with Gasteiger partial charge in [0.1, 0.15) is 0 Å². The maximum atomic E-state index is 6.13. The van der Waals surface area contributed by atoms with E-state index in [1.54, 1.807) is 0 Å². The summed E-state index contributed by atoms with van der Waals surface area (Å²) >= 11 is 0. The van der Waals surface area contributed by atoms with E-state index in [1.807, 2.05) is 0 Å². The Kier molecular flexibility index (Phi) is 5.23. The van der Waals surface area contributed by atoms with Crippen LogP contribution in [0.2, 0.25) is 0 Å². The third-order valence-electron chi connectivity index (χ3n) is 6.35. The lowest BCUT2D eigenvalue weighted by atomic mass is 9.70. The molecule has 0 aromatic rings. The molecule has 3 fully saturated rings. The molecule has 21 heavy (non-hydrogen) atoms. The first-order valence-electron chi connectivity index (χ1n) is 9.15. The highest BCUT2D eigenvalue weighted by Gasteiger charge is 2.44. The minimum absolute atomic E-state index is 0.0524. The molecule has 0 bridgehead atoms. The van der Waals surface area contributed by atoms with Gasteiger partial charge in [0.2, 0.25) is 0 Å². The molecule has 2 heterocycles. The van der Waals surface area contributed by atoms with Gasteiger partial charge >= 0.3 is 0 Å². The van der Waals surface area contributed by atoms with Crippen molar-refractivity contribution in [2.45, 2.75) is 69.9 Å². The van der Waals surface area contributed by atoms with Gasteiger partial charge in [-0.25, -0.2) is 0 Å². The third-order valence-corrected chi connectivity index (χ3v) is 6.35. The van der Waals surface area contributed by atoms with Crippen molar-refractivity contribution in [3.63, 3.8) is 0 Å². The highest BCUT2D eigenvalue weighted by molar-refractivity contribution is 4.96. The van der Waals surface area contributed by atoms with Gasteiger partial charge in [0, 0.05) is 25.7 Å². The third kappa shape index (κ3) is 3.46. The first-order chi connectivity index (χ1) is 10.3. The zero-order valence-electron chi connectivity index (χ0n) is 13.9. The number of hydrogen-bond acceptors (Lipinski definition) is 3. The van der Waals surface area contributed by atoms with E-state index in [9.17, 15) is 0 Å². The van der Waals surface area contributed by atoms with Crippen LogP contribution in [-0.2, 0) is 9.47 Å². The highest BCUT2D eigenvalue weighted by atomic mass is 16.6. The van der Waals surface area contributed by atoms with E-state index in [0.717, 1.165) is 44.0 Å². The molecule has 1 saturated carbocycles. The van der Waals surface area contributed by atoms with Crippen molar-refractivity contribution in [3.8, 4) is 0 Å². The zero-order chi connectivity index (χ0) is 14.7. The molecule has 3 heteroatoms. The van der Waals surface area contributed by atoms with Crippen LogP contribution in [0, 0.1) is 17.8 Å². The summed E-state index contributed by atoms with van der Waals surface area (Å²) in [4.78, 5) is 0. The SMILES string of the molecule is CCC1CCCC(C(NC)C2CCOC3(CCOC3)C2)C1. The quantitative estimate of drug-likeness (QED) is 0.862. The molecule has 2 saturated heterocycles. The lowest BCUT2D eigenvalue weighted by molar-refractivity contribution is -0.106. The molecule has 5 unspecified atom stereocenters. The van der Waals surface area contributed by atoms with Crippen molar-refractivity contribution in [1.29, 1.82) is 0 Å². The highest BCUT2D eigenvalue weighted by Crippen LogP contribution is 2.41. The van der Waals surface area contributed by atoms with Crippen molar-refractivity contribution in [2.24, 2.45) is 17.8 Å². The molecule has 0 amide bonds. The molecule has 3 nitrogen and oxygen atoms in total. The molecule has 1 aliphatic carbocycles. The van der Waals surface area contributed by atoms with Gasteiger partial charge < -0.3 is 14.8 Å². The fourth-order valence-electron chi connectivity index (χ4n) is 5.12. The van der Waals surface area contributed by atoms with E-state index in [1.165, 1.54) is 44.9 Å². The lowest BCUT2D eigenvalue weighted by Crippen LogP contribution is -2.49. The van der Waals surface area contributed by atoms with Gasteiger partial charge in [-0.3, -0.25) is 0 Å². The second kappa shape index (κ2) is 6.97. The van der Waals surface area contributed by atoms with E-state index in [2.05, 4.69) is 19.3 Å². The van der Waals surface area contributed by atoms with E-state index in [4.69, 9.17) is 9.47 Å². The summed E-state index contributed by atoms with van der Waals surface area (Å²) in [5.41, 5.74) is 0.0524. The Labute approximate surface area is 130 Å². The molecule has 3 rings (SSSR count). The van der Waals surface area contributed by atoms with Gasteiger partial charge in [-0.15, -0.1) is 0 Å². The van der Waals surface area contributed by atoms with Gasteiger partial charge in [0.25, 0.3) is 0 Å².